The molecule has 0 bridgehead atoms. The second kappa shape index (κ2) is 8.49. The number of imidazole rings is 1. The highest BCUT2D eigenvalue weighted by Gasteiger charge is 2.16. The van der Waals surface area contributed by atoms with Gasteiger partial charge in [-0.25, -0.2) is 9.98 Å². The number of benzene rings is 2. The summed E-state index contributed by atoms with van der Waals surface area (Å²) in [5, 5.41) is 20.4. The maximum atomic E-state index is 10.4. The largest absolute Gasteiger partial charge is 0.506 e. The number of ether oxygens (including phenoxy) is 1. The van der Waals surface area contributed by atoms with Gasteiger partial charge in [-0.2, -0.15) is 0 Å². The van der Waals surface area contributed by atoms with E-state index < -0.39 is 0 Å². The molecule has 2 heterocycles. The van der Waals surface area contributed by atoms with Crippen LogP contribution in [0.25, 0.3) is 16.9 Å². The lowest BCUT2D eigenvalue weighted by Gasteiger charge is -2.08. The molecule has 0 fully saturated rings. The van der Waals surface area contributed by atoms with E-state index in [0.717, 1.165) is 15.7 Å². The van der Waals surface area contributed by atoms with Crippen LogP contribution in [0.5, 0.6) is 17.2 Å². The molecule has 0 saturated carbocycles. The van der Waals surface area contributed by atoms with Crippen molar-refractivity contribution >= 4 is 49.5 Å². The minimum Gasteiger partial charge on any atom is -0.506 e. The molecule has 0 saturated heterocycles. The Hall–Kier alpha value is -2.84. The zero-order chi connectivity index (χ0) is 21.3. The van der Waals surface area contributed by atoms with E-state index in [1.54, 1.807) is 36.5 Å². The molecule has 0 spiro atoms. The Morgan fingerprint density at radius 2 is 1.97 bits per heavy atom. The highest BCUT2D eigenvalue weighted by atomic mass is 79.9. The van der Waals surface area contributed by atoms with Crippen LogP contribution < -0.4 is 4.74 Å². The van der Waals surface area contributed by atoms with E-state index in [9.17, 15) is 10.2 Å². The molecule has 2 aromatic carbocycles. The number of pyridine rings is 1. The summed E-state index contributed by atoms with van der Waals surface area (Å²) in [6.07, 6.45) is 3.47. The van der Waals surface area contributed by atoms with E-state index in [0.29, 0.717) is 33.9 Å². The second-order valence-electron chi connectivity index (χ2n) is 6.41. The third kappa shape index (κ3) is 3.93. The number of aromatic hydroxyl groups is 2. The van der Waals surface area contributed by atoms with Gasteiger partial charge in [0, 0.05) is 28.0 Å². The van der Waals surface area contributed by atoms with E-state index in [4.69, 9.17) is 9.72 Å². The standard InChI is InChI=1S/C22H17Br2N3O3/c1-2-30-18-10-13(6-7-17(18)28)20-22(27-8-4-3-5-19(27)26-20)25-12-14-9-15(23)11-16(24)21(14)29/h3-12,28-29H,2H2,1H3. The molecule has 4 rings (SSSR count). The summed E-state index contributed by atoms with van der Waals surface area (Å²) in [4.78, 5) is 9.37. The van der Waals surface area contributed by atoms with Crippen molar-refractivity contribution in [3.8, 4) is 28.5 Å². The first kappa shape index (κ1) is 20.4. The Morgan fingerprint density at radius 1 is 1.13 bits per heavy atom. The Morgan fingerprint density at radius 3 is 2.77 bits per heavy atom. The van der Waals surface area contributed by atoms with Crippen molar-refractivity contribution in [3.05, 3.63) is 69.2 Å². The first-order valence-electron chi connectivity index (χ1n) is 9.13. The van der Waals surface area contributed by atoms with Crippen LogP contribution in [0.1, 0.15) is 12.5 Å². The summed E-state index contributed by atoms with van der Waals surface area (Å²) >= 11 is 6.77. The van der Waals surface area contributed by atoms with Crippen molar-refractivity contribution in [1.82, 2.24) is 9.38 Å². The zero-order valence-electron chi connectivity index (χ0n) is 15.9. The lowest BCUT2D eigenvalue weighted by Crippen LogP contribution is -1.92. The predicted molar refractivity (Wildman–Crippen MR) is 124 cm³/mol. The summed E-state index contributed by atoms with van der Waals surface area (Å²) < 4.78 is 8.76. The van der Waals surface area contributed by atoms with Gasteiger partial charge in [-0.05, 0) is 65.3 Å². The maximum absolute atomic E-state index is 10.4. The van der Waals surface area contributed by atoms with Crippen LogP contribution in [0.2, 0.25) is 0 Å². The molecule has 152 valence electrons. The third-order valence-corrected chi connectivity index (χ3v) is 5.48. The first-order valence-corrected chi connectivity index (χ1v) is 10.7. The van der Waals surface area contributed by atoms with Gasteiger partial charge in [-0.3, -0.25) is 4.40 Å². The number of nitrogens with zero attached hydrogens (tertiary/aromatic N) is 3. The quantitative estimate of drug-likeness (QED) is 0.306. The van der Waals surface area contributed by atoms with Gasteiger partial charge >= 0.3 is 0 Å². The minimum absolute atomic E-state index is 0.0679. The Bertz CT molecular complexity index is 1270. The van der Waals surface area contributed by atoms with Crippen molar-refractivity contribution in [2.45, 2.75) is 6.92 Å². The molecule has 2 aromatic heterocycles. The fourth-order valence-corrected chi connectivity index (χ4v) is 4.31. The number of phenolic OH excluding ortho intramolecular Hbond substituents is 2. The summed E-state index contributed by atoms with van der Waals surface area (Å²) in [5.74, 6) is 1.14. The fraction of sp³-hybridized carbons (Fsp3) is 0.0909. The van der Waals surface area contributed by atoms with Gasteiger partial charge in [-0.15, -0.1) is 0 Å². The Balaban J connectivity index is 1.87. The van der Waals surface area contributed by atoms with Crippen LogP contribution in [-0.4, -0.2) is 32.4 Å². The Kier molecular flexibility index (Phi) is 5.78. The average Bonchev–Trinajstić information content (AvgIpc) is 3.10. The smallest absolute Gasteiger partial charge is 0.165 e. The number of aromatic nitrogens is 2. The molecule has 30 heavy (non-hydrogen) atoms. The molecule has 0 unspecified atom stereocenters. The normalized spacial score (nSPS) is 11.4. The molecule has 6 nitrogen and oxygen atoms in total. The van der Waals surface area contributed by atoms with Gasteiger partial charge in [0.1, 0.15) is 17.1 Å². The van der Waals surface area contributed by atoms with E-state index >= 15 is 0 Å². The van der Waals surface area contributed by atoms with Crippen LogP contribution in [0.15, 0.2) is 68.7 Å². The van der Waals surface area contributed by atoms with Crippen molar-refractivity contribution in [3.63, 3.8) is 0 Å². The number of phenols is 2. The van der Waals surface area contributed by atoms with Crippen LogP contribution in [0, 0.1) is 0 Å². The summed E-state index contributed by atoms with van der Waals surface area (Å²) in [5.41, 5.74) is 2.66. The molecule has 0 aliphatic rings. The minimum atomic E-state index is 0.0679. The Labute approximate surface area is 189 Å². The molecular weight excluding hydrogens is 514 g/mol. The number of rotatable bonds is 5. The lowest BCUT2D eigenvalue weighted by molar-refractivity contribution is 0.318. The summed E-state index contributed by atoms with van der Waals surface area (Å²) in [6.45, 7) is 2.29. The van der Waals surface area contributed by atoms with Crippen LogP contribution in [0.4, 0.5) is 5.82 Å². The SMILES string of the molecule is CCOc1cc(-c2nc3ccccn3c2N=Cc2cc(Br)cc(Br)c2O)ccc1O. The number of aliphatic imine (C=N–C) groups is 1. The number of hydrogen-bond acceptors (Lipinski definition) is 5. The van der Waals surface area contributed by atoms with E-state index in [1.165, 1.54) is 0 Å². The number of halogens is 2. The van der Waals surface area contributed by atoms with Crippen molar-refractivity contribution in [2.24, 2.45) is 4.99 Å². The van der Waals surface area contributed by atoms with E-state index in [-0.39, 0.29) is 11.5 Å². The van der Waals surface area contributed by atoms with Crippen LogP contribution in [-0.2, 0) is 0 Å². The van der Waals surface area contributed by atoms with Crippen molar-refractivity contribution in [2.75, 3.05) is 6.61 Å². The molecular formula is C22H17Br2N3O3. The zero-order valence-corrected chi connectivity index (χ0v) is 19.1. The van der Waals surface area contributed by atoms with Gasteiger partial charge in [0.05, 0.1) is 11.1 Å². The van der Waals surface area contributed by atoms with E-state index in [1.807, 2.05) is 35.7 Å². The van der Waals surface area contributed by atoms with Crippen LogP contribution in [0.3, 0.4) is 0 Å². The summed E-state index contributed by atoms with van der Waals surface area (Å²) in [7, 11) is 0. The molecule has 0 aliphatic carbocycles. The monoisotopic (exact) mass is 529 g/mol. The lowest BCUT2D eigenvalue weighted by atomic mass is 10.1. The van der Waals surface area contributed by atoms with Gasteiger partial charge < -0.3 is 14.9 Å². The van der Waals surface area contributed by atoms with Crippen molar-refractivity contribution < 1.29 is 14.9 Å². The highest BCUT2D eigenvalue weighted by molar-refractivity contribution is 9.11. The van der Waals surface area contributed by atoms with Crippen molar-refractivity contribution in [1.29, 1.82) is 0 Å². The number of hydrogen-bond donors (Lipinski definition) is 2. The fourth-order valence-electron chi connectivity index (χ4n) is 3.05. The third-order valence-electron chi connectivity index (χ3n) is 4.42. The van der Waals surface area contributed by atoms with Gasteiger partial charge in [-0.1, -0.05) is 22.0 Å². The number of fused-ring (bicyclic) bond motifs is 1. The topological polar surface area (TPSA) is 79.4 Å². The molecule has 0 radical (unpaired) electrons. The predicted octanol–water partition coefficient (Wildman–Crippen LogP) is 6.09. The molecule has 0 amide bonds. The molecule has 2 N–H and O–H groups in total. The second-order valence-corrected chi connectivity index (χ2v) is 8.18. The molecule has 0 atom stereocenters. The summed E-state index contributed by atoms with van der Waals surface area (Å²) in [6, 6.07) is 14.3. The van der Waals surface area contributed by atoms with Gasteiger partial charge in [0.2, 0.25) is 0 Å². The molecule has 4 aromatic rings. The average molecular weight is 531 g/mol. The first-order chi connectivity index (χ1) is 14.5. The molecule has 8 heteroatoms. The maximum Gasteiger partial charge on any atom is 0.165 e. The van der Waals surface area contributed by atoms with E-state index in [2.05, 4.69) is 36.9 Å². The van der Waals surface area contributed by atoms with Crippen LogP contribution >= 0.6 is 31.9 Å². The molecule has 0 aliphatic heterocycles. The van der Waals surface area contributed by atoms with Gasteiger partial charge in [0.15, 0.2) is 17.3 Å². The van der Waals surface area contributed by atoms with Gasteiger partial charge in [0.25, 0.3) is 0 Å². The highest BCUT2D eigenvalue weighted by Crippen LogP contribution is 2.37.